The van der Waals surface area contributed by atoms with E-state index in [-0.39, 0.29) is 11.3 Å². The predicted octanol–water partition coefficient (Wildman–Crippen LogP) is 2.37. The molecule has 1 saturated heterocycles. The van der Waals surface area contributed by atoms with Crippen LogP contribution in [0, 0.1) is 5.92 Å². The third kappa shape index (κ3) is 3.95. The van der Waals surface area contributed by atoms with Gasteiger partial charge >= 0.3 is 0 Å². The summed E-state index contributed by atoms with van der Waals surface area (Å²) >= 11 is 0. The third-order valence-electron chi connectivity index (χ3n) is 4.19. The highest BCUT2D eigenvalue weighted by atomic mass is 32.2. The molecule has 1 fully saturated rings. The smallest absolute Gasteiger partial charge is 0.154 e. The maximum absolute atomic E-state index is 12.1. The molecular formula is C13H27NO2S. The fourth-order valence-electron chi connectivity index (χ4n) is 2.87. The van der Waals surface area contributed by atoms with Crippen LogP contribution in [0.1, 0.15) is 52.4 Å². The van der Waals surface area contributed by atoms with Gasteiger partial charge in [-0.15, -0.1) is 0 Å². The molecule has 3 nitrogen and oxygen atoms in total. The Morgan fingerprint density at radius 3 is 2.35 bits per heavy atom. The molecule has 2 unspecified atom stereocenters. The molecule has 0 spiro atoms. The molecular weight excluding hydrogens is 234 g/mol. The van der Waals surface area contributed by atoms with Gasteiger partial charge in [-0.1, -0.05) is 33.1 Å². The molecule has 0 aromatic rings. The van der Waals surface area contributed by atoms with E-state index in [2.05, 4.69) is 19.2 Å². The number of hydrogen-bond acceptors (Lipinski definition) is 3. The zero-order chi connectivity index (χ0) is 12.9. The van der Waals surface area contributed by atoms with Gasteiger partial charge in [0.2, 0.25) is 0 Å². The van der Waals surface area contributed by atoms with Crippen molar-refractivity contribution in [2.24, 2.45) is 5.92 Å². The van der Waals surface area contributed by atoms with E-state index in [1.54, 1.807) is 0 Å². The number of sulfone groups is 1. The summed E-state index contributed by atoms with van der Waals surface area (Å²) in [7, 11) is -0.959. The Kier molecular flexibility index (Phi) is 5.93. The Morgan fingerprint density at radius 1 is 1.24 bits per heavy atom. The van der Waals surface area contributed by atoms with Gasteiger partial charge in [0.05, 0.1) is 11.0 Å². The van der Waals surface area contributed by atoms with Gasteiger partial charge in [-0.05, 0) is 32.2 Å². The average Bonchev–Trinajstić information content (AvgIpc) is 2.31. The van der Waals surface area contributed by atoms with Crippen molar-refractivity contribution < 1.29 is 8.42 Å². The molecule has 0 saturated carbocycles. The Bertz CT molecular complexity index is 309. The van der Waals surface area contributed by atoms with Crippen LogP contribution in [0.4, 0.5) is 0 Å². The molecule has 4 heteroatoms. The molecule has 0 radical (unpaired) electrons. The van der Waals surface area contributed by atoms with Gasteiger partial charge in [-0.25, -0.2) is 8.42 Å². The molecule has 1 rings (SSSR count). The van der Waals surface area contributed by atoms with Crippen LogP contribution in [0.3, 0.4) is 0 Å². The summed E-state index contributed by atoms with van der Waals surface area (Å²) < 4.78 is 24.2. The Hall–Kier alpha value is -0.0900. The van der Waals surface area contributed by atoms with Gasteiger partial charge in [0.25, 0.3) is 0 Å². The van der Waals surface area contributed by atoms with Crippen molar-refractivity contribution in [2.45, 2.75) is 63.7 Å². The fraction of sp³-hybridized carbons (Fsp3) is 1.00. The standard InChI is InChI=1S/C13H27NO2S/c1-4-11(5-2)10-12(14-3)13-8-6-7-9-17(13,15)16/h11-14H,4-10H2,1-3H3. The Morgan fingerprint density at radius 2 is 1.88 bits per heavy atom. The minimum Gasteiger partial charge on any atom is -0.316 e. The summed E-state index contributed by atoms with van der Waals surface area (Å²) in [6.07, 6.45) is 6.02. The van der Waals surface area contributed by atoms with Crippen molar-refractivity contribution in [1.82, 2.24) is 5.32 Å². The van der Waals surface area contributed by atoms with Crippen LogP contribution in [0.5, 0.6) is 0 Å². The first-order valence-electron chi connectivity index (χ1n) is 6.94. The van der Waals surface area contributed by atoms with E-state index in [1.165, 1.54) is 0 Å². The first kappa shape index (κ1) is 15.0. The van der Waals surface area contributed by atoms with Crippen LogP contribution in [0.2, 0.25) is 0 Å². The van der Waals surface area contributed by atoms with E-state index in [4.69, 9.17) is 0 Å². The lowest BCUT2D eigenvalue weighted by molar-refractivity contribution is 0.353. The molecule has 0 aromatic carbocycles. The summed E-state index contributed by atoms with van der Waals surface area (Å²) in [6, 6.07) is 0.144. The Labute approximate surface area is 106 Å². The summed E-state index contributed by atoms with van der Waals surface area (Å²) in [6.45, 7) is 4.38. The van der Waals surface area contributed by atoms with Crippen LogP contribution in [-0.4, -0.2) is 32.5 Å². The predicted molar refractivity (Wildman–Crippen MR) is 73.0 cm³/mol. The first-order valence-corrected chi connectivity index (χ1v) is 8.65. The van der Waals surface area contributed by atoms with E-state index in [0.29, 0.717) is 11.7 Å². The van der Waals surface area contributed by atoms with E-state index in [0.717, 1.165) is 38.5 Å². The highest BCUT2D eigenvalue weighted by Crippen LogP contribution is 2.27. The van der Waals surface area contributed by atoms with E-state index < -0.39 is 9.84 Å². The Balaban J connectivity index is 2.71. The maximum Gasteiger partial charge on any atom is 0.154 e. The van der Waals surface area contributed by atoms with Gasteiger partial charge < -0.3 is 5.32 Å². The van der Waals surface area contributed by atoms with E-state index >= 15 is 0 Å². The highest BCUT2D eigenvalue weighted by molar-refractivity contribution is 7.92. The molecule has 0 aromatic heterocycles. The molecule has 1 N–H and O–H groups in total. The van der Waals surface area contributed by atoms with Gasteiger partial charge in [0, 0.05) is 6.04 Å². The number of nitrogens with one attached hydrogen (secondary N) is 1. The zero-order valence-corrected chi connectivity index (χ0v) is 12.2. The minimum absolute atomic E-state index is 0.144. The molecule has 1 aliphatic rings. The summed E-state index contributed by atoms with van der Waals surface area (Å²) in [4.78, 5) is 0. The van der Waals surface area contributed by atoms with Gasteiger partial charge in [0.15, 0.2) is 9.84 Å². The second-order valence-electron chi connectivity index (χ2n) is 5.21. The molecule has 0 amide bonds. The van der Waals surface area contributed by atoms with Crippen LogP contribution < -0.4 is 5.32 Å². The van der Waals surface area contributed by atoms with Gasteiger partial charge in [-0.2, -0.15) is 0 Å². The lowest BCUT2D eigenvalue weighted by atomic mass is 9.92. The minimum atomic E-state index is -2.86. The largest absolute Gasteiger partial charge is 0.316 e. The van der Waals surface area contributed by atoms with E-state index in [9.17, 15) is 8.42 Å². The van der Waals surface area contributed by atoms with Crippen molar-refractivity contribution in [3.05, 3.63) is 0 Å². The first-order chi connectivity index (χ1) is 8.05. The maximum atomic E-state index is 12.1. The highest BCUT2D eigenvalue weighted by Gasteiger charge is 2.35. The quantitative estimate of drug-likeness (QED) is 0.798. The van der Waals surface area contributed by atoms with Crippen LogP contribution in [-0.2, 0) is 9.84 Å². The normalized spacial score (nSPS) is 26.0. The molecule has 1 aliphatic heterocycles. The molecule has 1 heterocycles. The van der Waals surface area contributed by atoms with Crippen molar-refractivity contribution >= 4 is 9.84 Å². The van der Waals surface area contributed by atoms with E-state index in [1.807, 2.05) is 7.05 Å². The summed E-state index contributed by atoms with van der Waals surface area (Å²) in [5.41, 5.74) is 0. The van der Waals surface area contributed by atoms with Crippen LogP contribution in [0.15, 0.2) is 0 Å². The van der Waals surface area contributed by atoms with Crippen molar-refractivity contribution in [3.8, 4) is 0 Å². The molecule has 0 aliphatic carbocycles. The van der Waals surface area contributed by atoms with Crippen LogP contribution >= 0.6 is 0 Å². The topological polar surface area (TPSA) is 46.2 Å². The van der Waals surface area contributed by atoms with Crippen molar-refractivity contribution in [2.75, 3.05) is 12.8 Å². The van der Waals surface area contributed by atoms with Gasteiger partial charge in [0.1, 0.15) is 0 Å². The number of hydrogen-bond donors (Lipinski definition) is 1. The van der Waals surface area contributed by atoms with Crippen LogP contribution in [0.25, 0.3) is 0 Å². The summed E-state index contributed by atoms with van der Waals surface area (Å²) in [5, 5.41) is 3.10. The fourth-order valence-corrected chi connectivity index (χ4v) is 5.05. The second-order valence-corrected chi connectivity index (χ2v) is 7.55. The number of rotatable bonds is 6. The van der Waals surface area contributed by atoms with Crippen molar-refractivity contribution in [1.29, 1.82) is 0 Å². The SMILES string of the molecule is CCC(CC)CC(NC)C1CCCCS1(=O)=O. The zero-order valence-electron chi connectivity index (χ0n) is 11.4. The lowest BCUT2D eigenvalue weighted by Gasteiger charge is -2.32. The molecule has 2 atom stereocenters. The third-order valence-corrected chi connectivity index (χ3v) is 6.53. The molecule has 0 bridgehead atoms. The average molecular weight is 261 g/mol. The lowest BCUT2D eigenvalue weighted by Crippen LogP contribution is -2.46. The molecule has 102 valence electrons. The van der Waals surface area contributed by atoms with Gasteiger partial charge in [-0.3, -0.25) is 0 Å². The monoisotopic (exact) mass is 261 g/mol. The summed E-state index contributed by atoms with van der Waals surface area (Å²) in [5.74, 6) is 1.03. The van der Waals surface area contributed by atoms with Crippen molar-refractivity contribution in [3.63, 3.8) is 0 Å². The molecule has 17 heavy (non-hydrogen) atoms. The second kappa shape index (κ2) is 6.74.